The van der Waals surface area contributed by atoms with Gasteiger partial charge in [0, 0.05) is 51.2 Å². The fourth-order valence-electron chi connectivity index (χ4n) is 3.66. The highest BCUT2D eigenvalue weighted by atomic mass is 16.2. The van der Waals surface area contributed by atoms with E-state index in [1.54, 1.807) is 12.0 Å². The van der Waals surface area contributed by atoms with Crippen LogP contribution in [-0.2, 0) is 11.3 Å². The lowest BCUT2D eigenvalue weighted by Crippen LogP contribution is -2.48. The van der Waals surface area contributed by atoms with Crippen LogP contribution in [0.3, 0.4) is 0 Å². The summed E-state index contributed by atoms with van der Waals surface area (Å²) in [5.74, 6) is -0.184. The average Bonchev–Trinajstić information content (AvgIpc) is 2.85. The minimum absolute atomic E-state index is 0.122. The van der Waals surface area contributed by atoms with Crippen LogP contribution >= 0.6 is 0 Å². The number of benzene rings is 2. The van der Waals surface area contributed by atoms with Gasteiger partial charge < -0.3 is 15.2 Å². The van der Waals surface area contributed by atoms with Crippen LogP contribution in [-0.4, -0.2) is 58.0 Å². The molecule has 1 fully saturated rings. The lowest BCUT2D eigenvalue weighted by Gasteiger charge is -2.35. The quantitative estimate of drug-likeness (QED) is 0.539. The second-order valence-electron chi connectivity index (χ2n) is 7.79. The molecule has 2 heterocycles. The summed E-state index contributed by atoms with van der Waals surface area (Å²) in [6.45, 7) is 5.14. The summed E-state index contributed by atoms with van der Waals surface area (Å²) in [5, 5.41) is 1.64. The van der Waals surface area contributed by atoms with Gasteiger partial charge in [0.05, 0.1) is 17.8 Å². The van der Waals surface area contributed by atoms with E-state index in [0.717, 1.165) is 43.1 Å². The van der Waals surface area contributed by atoms with E-state index in [9.17, 15) is 9.59 Å². The van der Waals surface area contributed by atoms with Crippen molar-refractivity contribution in [3.8, 4) is 0 Å². The van der Waals surface area contributed by atoms with Crippen molar-refractivity contribution in [3.63, 3.8) is 0 Å². The normalized spacial score (nSPS) is 13.6. The molecule has 1 aromatic heterocycles. The Hall–Kier alpha value is -3.98. The molecule has 0 spiro atoms. The molecule has 1 aliphatic rings. The molecule has 2 N–H and O–H groups in total. The molecule has 3 aromatic rings. The summed E-state index contributed by atoms with van der Waals surface area (Å²) in [7, 11) is 0. The van der Waals surface area contributed by atoms with Crippen molar-refractivity contribution >= 4 is 23.2 Å². The summed E-state index contributed by atoms with van der Waals surface area (Å²) >= 11 is 0. The topological polar surface area (TPSA) is 93.7 Å². The van der Waals surface area contributed by atoms with Gasteiger partial charge in [0.25, 0.3) is 5.91 Å². The number of hydrogen-bond donors (Lipinski definition) is 2. The first kappa shape index (κ1) is 22.2. The lowest BCUT2D eigenvalue weighted by molar-refractivity contribution is -0.129. The zero-order valence-electron chi connectivity index (χ0n) is 18.5. The summed E-state index contributed by atoms with van der Waals surface area (Å²) < 4.78 is 0. The zero-order valence-corrected chi connectivity index (χ0v) is 18.5. The Kier molecular flexibility index (Phi) is 7.11. The third-order valence-electron chi connectivity index (χ3n) is 5.46. The van der Waals surface area contributed by atoms with Crippen molar-refractivity contribution in [1.29, 1.82) is 0 Å². The van der Waals surface area contributed by atoms with E-state index in [1.807, 2.05) is 59.5 Å². The number of hydrogen-bond acceptors (Lipinski definition) is 7. The second kappa shape index (κ2) is 10.6. The lowest BCUT2D eigenvalue weighted by atomic mass is 10.2. The number of nitrogens with zero attached hydrogens (tertiary/aromatic N) is 5. The maximum absolute atomic E-state index is 12.7. The first-order valence-electron chi connectivity index (χ1n) is 10.8. The zero-order chi connectivity index (χ0) is 23.0. The molecule has 0 bridgehead atoms. The Morgan fingerprint density at radius 1 is 0.939 bits per heavy atom. The molecule has 0 aliphatic carbocycles. The minimum Gasteiger partial charge on any atom is -0.368 e. The van der Waals surface area contributed by atoms with Crippen molar-refractivity contribution in [2.75, 3.05) is 36.5 Å². The van der Waals surface area contributed by atoms with Gasteiger partial charge in [0.2, 0.25) is 5.91 Å². The average molecular weight is 446 g/mol. The highest BCUT2D eigenvalue weighted by molar-refractivity contribution is 5.93. The molecule has 0 unspecified atom stereocenters. The molecular formula is C24H27N7O2. The van der Waals surface area contributed by atoms with E-state index in [1.165, 1.54) is 18.7 Å². The molecule has 1 aliphatic heterocycles. The first-order chi connectivity index (χ1) is 16.1. The maximum Gasteiger partial charge on any atom is 0.270 e. The Balaban J connectivity index is 1.43. The number of rotatable bonds is 7. The number of hydrazine groups is 2. The van der Waals surface area contributed by atoms with Gasteiger partial charge in [0.1, 0.15) is 6.33 Å². The van der Waals surface area contributed by atoms with E-state index >= 15 is 0 Å². The van der Waals surface area contributed by atoms with Gasteiger partial charge in [-0.3, -0.25) is 15.0 Å². The number of anilines is 2. The van der Waals surface area contributed by atoms with E-state index in [4.69, 9.17) is 0 Å². The number of piperazine rings is 1. The predicted octanol–water partition coefficient (Wildman–Crippen LogP) is 2.32. The number of amides is 2. The number of nitrogens with one attached hydrogen (secondary N) is 2. The third kappa shape index (κ3) is 6.05. The Morgan fingerprint density at radius 2 is 1.61 bits per heavy atom. The molecule has 33 heavy (non-hydrogen) atoms. The van der Waals surface area contributed by atoms with Gasteiger partial charge in [-0.1, -0.05) is 30.3 Å². The van der Waals surface area contributed by atoms with E-state index in [-0.39, 0.29) is 11.8 Å². The highest BCUT2D eigenvalue weighted by Gasteiger charge is 2.19. The molecule has 0 atom stereocenters. The number of carbonyl (C=O) groups excluding carboxylic acids is 2. The Bertz CT molecular complexity index is 1050. The van der Waals surface area contributed by atoms with Gasteiger partial charge >= 0.3 is 0 Å². The Morgan fingerprint density at radius 3 is 2.24 bits per heavy atom. The molecule has 0 radical (unpaired) electrons. The van der Waals surface area contributed by atoms with Crippen molar-refractivity contribution < 1.29 is 9.59 Å². The molecule has 0 saturated carbocycles. The first-order valence-corrected chi connectivity index (χ1v) is 10.8. The van der Waals surface area contributed by atoms with Crippen molar-refractivity contribution in [3.05, 3.63) is 84.4 Å². The van der Waals surface area contributed by atoms with Crippen LogP contribution in [0, 0.1) is 0 Å². The number of aromatic nitrogens is 2. The van der Waals surface area contributed by atoms with Crippen LogP contribution in [0.15, 0.2) is 73.3 Å². The van der Waals surface area contributed by atoms with E-state index in [0.29, 0.717) is 12.1 Å². The smallest absolute Gasteiger partial charge is 0.270 e. The van der Waals surface area contributed by atoms with Gasteiger partial charge in [-0.05, 0) is 29.8 Å². The molecule has 9 nitrogen and oxygen atoms in total. The van der Waals surface area contributed by atoms with E-state index in [2.05, 4.69) is 25.7 Å². The van der Waals surface area contributed by atoms with Crippen LogP contribution in [0.2, 0.25) is 0 Å². The van der Waals surface area contributed by atoms with Crippen molar-refractivity contribution in [2.45, 2.75) is 13.5 Å². The van der Waals surface area contributed by atoms with Crippen LogP contribution in [0.5, 0.6) is 0 Å². The molecule has 2 aromatic carbocycles. The van der Waals surface area contributed by atoms with Crippen LogP contribution < -0.4 is 15.8 Å². The van der Waals surface area contributed by atoms with Crippen molar-refractivity contribution in [1.82, 2.24) is 25.4 Å². The highest BCUT2D eigenvalue weighted by Crippen LogP contribution is 2.20. The molecule has 170 valence electrons. The summed E-state index contributed by atoms with van der Waals surface area (Å²) in [5.41, 5.74) is 9.49. The largest absolute Gasteiger partial charge is 0.368 e. The van der Waals surface area contributed by atoms with Crippen LogP contribution in [0.25, 0.3) is 0 Å². The third-order valence-corrected chi connectivity index (χ3v) is 5.46. The molecular weight excluding hydrogens is 418 g/mol. The standard InChI is InChI=1S/C24H27N7O2/c1-19(32)29-11-13-30(14-12-29)23-9-7-22(8-10-23)27-31(17-20-5-3-2-4-6-20)28-24(33)21-15-25-18-26-16-21/h2-10,15-16,18,27H,11-14,17H2,1H3,(H,28,33). The Labute approximate surface area is 193 Å². The van der Waals surface area contributed by atoms with Crippen LogP contribution in [0.1, 0.15) is 22.8 Å². The fraction of sp³-hybridized carbons (Fsp3) is 0.250. The molecule has 9 heteroatoms. The van der Waals surface area contributed by atoms with Gasteiger partial charge in [-0.15, -0.1) is 5.12 Å². The maximum atomic E-state index is 12.7. The number of carbonyl (C=O) groups is 2. The van der Waals surface area contributed by atoms with Gasteiger partial charge in [0.15, 0.2) is 0 Å². The molecule has 1 saturated heterocycles. The fourth-order valence-corrected chi connectivity index (χ4v) is 3.66. The monoisotopic (exact) mass is 445 g/mol. The summed E-state index contributed by atoms with van der Waals surface area (Å²) in [4.78, 5) is 36.2. The minimum atomic E-state index is -0.306. The summed E-state index contributed by atoms with van der Waals surface area (Å²) in [6, 6.07) is 17.9. The predicted molar refractivity (Wildman–Crippen MR) is 126 cm³/mol. The van der Waals surface area contributed by atoms with Crippen LogP contribution in [0.4, 0.5) is 11.4 Å². The van der Waals surface area contributed by atoms with Gasteiger partial charge in [-0.2, -0.15) is 0 Å². The van der Waals surface area contributed by atoms with Crippen molar-refractivity contribution in [2.24, 2.45) is 0 Å². The second-order valence-corrected chi connectivity index (χ2v) is 7.79. The SMILES string of the molecule is CC(=O)N1CCN(c2ccc(NN(Cc3ccccc3)NC(=O)c3cncnc3)cc2)CC1. The summed E-state index contributed by atoms with van der Waals surface area (Å²) in [6.07, 6.45) is 4.34. The van der Waals surface area contributed by atoms with E-state index < -0.39 is 0 Å². The molecule has 4 rings (SSSR count). The van der Waals surface area contributed by atoms with Gasteiger partial charge in [-0.25, -0.2) is 9.97 Å². The molecule has 2 amide bonds.